The van der Waals surface area contributed by atoms with E-state index in [-0.39, 0.29) is 11.8 Å². The lowest BCUT2D eigenvalue weighted by molar-refractivity contribution is -0.121. The topological polar surface area (TPSA) is 95.7 Å². The Kier molecular flexibility index (Phi) is 3.02. The van der Waals surface area contributed by atoms with E-state index in [1.807, 2.05) is 0 Å². The van der Waals surface area contributed by atoms with Crippen molar-refractivity contribution in [2.75, 3.05) is 17.6 Å². The number of hydrogen-bond donors (Lipinski definition) is 3. The molecule has 6 nitrogen and oxygen atoms in total. The molecular weight excluding hydrogens is 294 g/mol. The molecule has 3 rings (SSSR count). The number of halogens is 1. The quantitative estimate of drug-likeness (QED) is 0.730. The minimum Gasteiger partial charge on any atom is -0.465 e. The van der Waals surface area contributed by atoms with E-state index in [0.717, 1.165) is 6.42 Å². The molecule has 7 heteroatoms. The monoisotopic (exact) mass is 309 g/mol. The number of likely N-dealkylation sites (tertiary alicyclic amines) is 1. The highest BCUT2D eigenvalue weighted by Gasteiger charge is 2.68. The molecule has 21 heavy (non-hydrogen) atoms. The van der Waals surface area contributed by atoms with Crippen LogP contribution in [0.15, 0.2) is 12.1 Å². The molecule has 0 aromatic heterocycles. The van der Waals surface area contributed by atoms with Gasteiger partial charge in [-0.05, 0) is 43.4 Å². The summed E-state index contributed by atoms with van der Waals surface area (Å²) in [4.78, 5) is 25.0. The number of carbonyl (C=O) groups is 2. The summed E-state index contributed by atoms with van der Waals surface area (Å²) in [5.41, 5.74) is 6.62. The van der Waals surface area contributed by atoms with Gasteiger partial charge < -0.3 is 16.2 Å². The number of hydrogen-bond acceptors (Lipinski definition) is 3. The maximum absolute atomic E-state index is 12.5. The Morgan fingerprint density at radius 2 is 2.24 bits per heavy atom. The Hall–Kier alpha value is -1.95. The number of carbonyl (C=O) groups excluding carboxylic acids is 1. The highest BCUT2D eigenvalue weighted by atomic mass is 35.5. The summed E-state index contributed by atoms with van der Waals surface area (Å²) in [5.74, 6) is -0.191. The van der Waals surface area contributed by atoms with E-state index in [4.69, 9.17) is 17.3 Å². The largest absolute Gasteiger partial charge is 0.465 e. The van der Waals surface area contributed by atoms with Gasteiger partial charge in [-0.3, -0.25) is 9.69 Å². The van der Waals surface area contributed by atoms with Crippen molar-refractivity contribution in [1.82, 2.24) is 4.90 Å². The first-order valence-electron chi connectivity index (χ1n) is 6.74. The molecular formula is C14H16ClN3O3. The van der Waals surface area contributed by atoms with Gasteiger partial charge in [-0.2, -0.15) is 0 Å². The molecule has 1 aliphatic heterocycles. The lowest BCUT2D eigenvalue weighted by Crippen LogP contribution is -2.47. The van der Waals surface area contributed by atoms with Crippen LogP contribution in [0.3, 0.4) is 0 Å². The first-order valence-corrected chi connectivity index (χ1v) is 7.12. The van der Waals surface area contributed by atoms with Crippen LogP contribution in [-0.2, 0) is 4.79 Å². The second-order valence-electron chi connectivity index (χ2n) is 5.64. The Morgan fingerprint density at radius 3 is 2.86 bits per heavy atom. The van der Waals surface area contributed by atoms with Crippen molar-refractivity contribution in [1.29, 1.82) is 0 Å². The summed E-state index contributed by atoms with van der Waals surface area (Å²) in [6.07, 6.45) is 0.261. The van der Waals surface area contributed by atoms with Crippen LogP contribution < -0.4 is 11.1 Å². The van der Waals surface area contributed by atoms with Crippen LogP contribution in [0.25, 0.3) is 0 Å². The zero-order chi connectivity index (χ0) is 15.4. The van der Waals surface area contributed by atoms with Crippen molar-refractivity contribution in [3.63, 3.8) is 0 Å². The molecule has 2 fully saturated rings. The van der Waals surface area contributed by atoms with Crippen LogP contribution >= 0.6 is 11.6 Å². The van der Waals surface area contributed by atoms with Gasteiger partial charge in [0.05, 0.1) is 11.4 Å². The third-order valence-electron chi connectivity index (χ3n) is 4.58. The summed E-state index contributed by atoms with van der Waals surface area (Å²) >= 11 is 5.97. The number of nitrogens with one attached hydrogen (secondary N) is 1. The lowest BCUT2D eigenvalue weighted by Gasteiger charge is -2.25. The minimum atomic E-state index is -1.05. The first kappa shape index (κ1) is 14.0. The molecule has 2 atom stereocenters. The fourth-order valence-corrected chi connectivity index (χ4v) is 3.35. The molecule has 1 heterocycles. The zero-order valence-electron chi connectivity index (χ0n) is 11.5. The summed E-state index contributed by atoms with van der Waals surface area (Å²) in [7, 11) is 0. The second-order valence-corrected chi connectivity index (χ2v) is 6.04. The van der Waals surface area contributed by atoms with Crippen molar-refractivity contribution < 1.29 is 14.7 Å². The third kappa shape index (κ3) is 1.93. The maximum Gasteiger partial charge on any atom is 0.408 e. The summed E-state index contributed by atoms with van der Waals surface area (Å²) in [6.45, 7) is 2.17. The van der Waals surface area contributed by atoms with Gasteiger partial charge in [0.1, 0.15) is 5.54 Å². The van der Waals surface area contributed by atoms with Gasteiger partial charge in [0.15, 0.2) is 0 Å². The number of nitrogen functional groups attached to an aromatic ring is 1. The second kappa shape index (κ2) is 4.53. The summed E-state index contributed by atoms with van der Waals surface area (Å²) in [6, 6.07) is 3.30. The molecule has 0 spiro atoms. The SMILES string of the molecule is Cc1c(Cl)ccc(NC(=O)[C@]23C[C@H]2CCN3C(=O)O)c1N. The molecule has 112 valence electrons. The van der Waals surface area contributed by atoms with Crippen LogP contribution in [0, 0.1) is 12.8 Å². The third-order valence-corrected chi connectivity index (χ3v) is 4.99. The average molecular weight is 310 g/mol. The maximum atomic E-state index is 12.5. The number of carboxylic acid groups (broad SMARTS) is 1. The Morgan fingerprint density at radius 1 is 1.52 bits per heavy atom. The fraction of sp³-hybridized carbons (Fsp3) is 0.429. The van der Waals surface area contributed by atoms with Crippen molar-refractivity contribution in [3.8, 4) is 0 Å². The van der Waals surface area contributed by atoms with Gasteiger partial charge in [-0.1, -0.05) is 11.6 Å². The number of nitrogens with zero attached hydrogens (tertiary/aromatic N) is 1. The Labute approximate surface area is 126 Å². The van der Waals surface area contributed by atoms with E-state index in [2.05, 4.69) is 5.32 Å². The Bertz CT molecular complexity index is 649. The number of anilines is 2. The summed E-state index contributed by atoms with van der Waals surface area (Å²) < 4.78 is 0. The van der Waals surface area contributed by atoms with E-state index in [1.54, 1.807) is 19.1 Å². The summed E-state index contributed by atoms with van der Waals surface area (Å²) in [5, 5.41) is 12.5. The molecule has 0 bridgehead atoms. The number of nitrogens with two attached hydrogens (primary N) is 1. The van der Waals surface area contributed by atoms with Crippen molar-refractivity contribution in [2.24, 2.45) is 5.92 Å². The highest BCUT2D eigenvalue weighted by molar-refractivity contribution is 6.32. The normalized spacial score (nSPS) is 26.4. The molecule has 1 saturated heterocycles. The van der Waals surface area contributed by atoms with Crippen molar-refractivity contribution >= 4 is 35.0 Å². The molecule has 2 amide bonds. The van der Waals surface area contributed by atoms with Crippen LogP contribution in [0.5, 0.6) is 0 Å². The molecule has 4 N–H and O–H groups in total. The number of fused-ring (bicyclic) bond motifs is 1. The highest BCUT2D eigenvalue weighted by Crippen LogP contribution is 2.56. The van der Waals surface area contributed by atoms with Crippen molar-refractivity contribution in [3.05, 3.63) is 22.7 Å². The van der Waals surface area contributed by atoms with Gasteiger partial charge in [-0.15, -0.1) is 0 Å². The number of piperidine rings is 1. The van der Waals surface area contributed by atoms with Crippen LogP contribution in [0.4, 0.5) is 16.2 Å². The zero-order valence-corrected chi connectivity index (χ0v) is 12.3. The number of rotatable bonds is 2. The predicted octanol–water partition coefficient (Wildman–Crippen LogP) is 2.31. The van der Waals surface area contributed by atoms with Gasteiger partial charge >= 0.3 is 6.09 Å². The average Bonchev–Trinajstić information content (AvgIpc) is 3.05. The van der Waals surface area contributed by atoms with Crippen LogP contribution in [0.2, 0.25) is 5.02 Å². The van der Waals surface area contributed by atoms with E-state index in [9.17, 15) is 14.7 Å². The van der Waals surface area contributed by atoms with E-state index in [1.165, 1.54) is 4.90 Å². The van der Waals surface area contributed by atoms with Gasteiger partial charge in [0, 0.05) is 11.6 Å². The van der Waals surface area contributed by atoms with Gasteiger partial charge in [0.25, 0.3) is 5.91 Å². The predicted molar refractivity (Wildman–Crippen MR) is 79.4 cm³/mol. The fourth-order valence-electron chi connectivity index (χ4n) is 3.18. The number of benzene rings is 1. The molecule has 2 aliphatic rings. The lowest BCUT2D eigenvalue weighted by atomic mass is 10.1. The first-order chi connectivity index (χ1) is 9.87. The molecule has 1 aromatic rings. The molecule has 1 aromatic carbocycles. The molecule has 1 aliphatic carbocycles. The minimum absolute atomic E-state index is 0.114. The number of amides is 2. The standard InChI is InChI=1S/C14H16ClN3O3/c1-7-9(15)2-3-10(11(7)16)17-12(19)14-6-8(14)4-5-18(14)13(20)21/h2-3,8H,4-6,16H2,1H3,(H,17,19)(H,20,21)/t8-,14+/m1/s1. The van der Waals surface area contributed by atoms with Gasteiger partial charge in [-0.25, -0.2) is 4.79 Å². The van der Waals surface area contributed by atoms with Crippen LogP contribution in [0.1, 0.15) is 18.4 Å². The molecule has 1 saturated carbocycles. The van der Waals surface area contributed by atoms with E-state index in [0.29, 0.717) is 34.9 Å². The van der Waals surface area contributed by atoms with Crippen molar-refractivity contribution in [2.45, 2.75) is 25.3 Å². The van der Waals surface area contributed by atoms with Crippen LogP contribution in [-0.4, -0.2) is 34.1 Å². The molecule has 0 radical (unpaired) electrons. The van der Waals surface area contributed by atoms with E-state index >= 15 is 0 Å². The smallest absolute Gasteiger partial charge is 0.408 e. The van der Waals surface area contributed by atoms with E-state index < -0.39 is 11.6 Å². The van der Waals surface area contributed by atoms with Gasteiger partial charge in [0.2, 0.25) is 0 Å². The Balaban J connectivity index is 1.85. The molecule has 0 unspecified atom stereocenters.